The molecule has 11 nitrogen and oxygen atoms in total. The molecule has 0 radical (unpaired) electrons. The summed E-state index contributed by atoms with van der Waals surface area (Å²) >= 11 is 6.07. The van der Waals surface area contributed by atoms with E-state index in [0.29, 0.717) is 12.4 Å². The van der Waals surface area contributed by atoms with Crippen LogP contribution in [-0.4, -0.2) is 67.8 Å². The van der Waals surface area contributed by atoms with Crippen LogP contribution in [0.15, 0.2) is 40.4 Å². The zero-order valence-corrected chi connectivity index (χ0v) is 21.8. The molecule has 0 saturated carbocycles. The van der Waals surface area contributed by atoms with Crippen molar-refractivity contribution in [1.82, 2.24) is 29.6 Å². The van der Waals surface area contributed by atoms with Crippen LogP contribution in [0.5, 0.6) is 0 Å². The van der Waals surface area contributed by atoms with Crippen LogP contribution < -0.4 is 21.3 Å². The minimum atomic E-state index is -4.96. The maximum absolute atomic E-state index is 13.3. The monoisotopic (exact) mass is 606 g/mol. The van der Waals surface area contributed by atoms with Gasteiger partial charge in [0.2, 0.25) is 5.95 Å². The number of piperazine rings is 1. The van der Waals surface area contributed by atoms with Gasteiger partial charge >= 0.3 is 12.4 Å². The lowest BCUT2D eigenvalue weighted by molar-refractivity contribution is -0.139. The standard InChI is InChI=1S/C23H21ClF6N8O3/c1-12(34-16-9-33-35-18(39)17(16)23(28,29)30)10-38-11-13(6-15(24)20(38)41)19(40)36-2-4-37(5-3-36)21-31-7-14(8-32-21)22(25,26)27/h6-9,11-12H,2-5,10H2,1H3,(H2,34,35,39)/t12-/m0/s1. The zero-order valence-electron chi connectivity index (χ0n) is 21.1. The van der Waals surface area contributed by atoms with Crippen molar-refractivity contribution < 1.29 is 31.1 Å². The van der Waals surface area contributed by atoms with E-state index in [1.54, 1.807) is 10.00 Å². The first-order chi connectivity index (χ1) is 19.1. The fraction of sp³-hybridized carbons (Fsp3) is 0.391. The molecule has 1 saturated heterocycles. The number of hydrogen-bond acceptors (Lipinski definition) is 8. The Hall–Kier alpha value is -4.15. The molecular weight excluding hydrogens is 586 g/mol. The van der Waals surface area contributed by atoms with E-state index in [1.165, 1.54) is 24.1 Å². The maximum Gasteiger partial charge on any atom is 0.423 e. The minimum Gasteiger partial charge on any atom is -0.379 e. The second-order valence-electron chi connectivity index (χ2n) is 9.11. The Bertz CT molecular complexity index is 1530. The Labute approximate surface area is 231 Å². The average Bonchev–Trinajstić information content (AvgIpc) is 2.89. The molecule has 1 atom stereocenters. The molecule has 18 heteroatoms. The van der Waals surface area contributed by atoms with E-state index >= 15 is 0 Å². The summed E-state index contributed by atoms with van der Waals surface area (Å²) in [6.07, 6.45) is -6.16. The first kappa shape index (κ1) is 29.8. The van der Waals surface area contributed by atoms with Crippen LogP contribution in [0.2, 0.25) is 5.02 Å². The van der Waals surface area contributed by atoms with Gasteiger partial charge in [-0.3, -0.25) is 14.4 Å². The highest BCUT2D eigenvalue weighted by atomic mass is 35.5. The van der Waals surface area contributed by atoms with Crippen molar-refractivity contribution in [2.75, 3.05) is 36.4 Å². The molecule has 3 aromatic heterocycles. The largest absolute Gasteiger partial charge is 0.423 e. The molecule has 1 amide bonds. The molecule has 0 aliphatic carbocycles. The Balaban J connectivity index is 1.45. The molecule has 0 bridgehead atoms. The number of aromatic amines is 1. The molecule has 4 rings (SSSR count). The van der Waals surface area contributed by atoms with Gasteiger partial charge in [-0.25, -0.2) is 15.1 Å². The average molecular weight is 607 g/mol. The van der Waals surface area contributed by atoms with E-state index in [-0.39, 0.29) is 49.3 Å². The highest BCUT2D eigenvalue weighted by Crippen LogP contribution is 2.32. The molecule has 1 aliphatic heterocycles. The second-order valence-corrected chi connectivity index (χ2v) is 9.52. The first-order valence-electron chi connectivity index (χ1n) is 11.9. The number of anilines is 2. The molecule has 4 heterocycles. The summed E-state index contributed by atoms with van der Waals surface area (Å²) < 4.78 is 79.4. The van der Waals surface area contributed by atoms with E-state index in [0.717, 1.165) is 10.8 Å². The smallest absolute Gasteiger partial charge is 0.379 e. The lowest BCUT2D eigenvalue weighted by Crippen LogP contribution is -2.49. The van der Waals surface area contributed by atoms with E-state index in [1.807, 2.05) is 0 Å². The summed E-state index contributed by atoms with van der Waals surface area (Å²) in [5, 5.41) is 7.33. The van der Waals surface area contributed by atoms with Crippen molar-refractivity contribution in [2.45, 2.75) is 31.9 Å². The van der Waals surface area contributed by atoms with Gasteiger partial charge in [0.1, 0.15) is 10.6 Å². The minimum absolute atomic E-state index is 0.0369. The number of hydrogen-bond donors (Lipinski definition) is 2. The van der Waals surface area contributed by atoms with Crippen LogP contribution in [0, 0.1) is 0 Å². The Kier molecular flexibility index (Phi) is 8.28. The van der Waals surface area contributed by atoms with E-state index in [9.17, 15) is 40.7 Å². The third-order valence-corrected chi connectivity index (χ3v) is 6.39. The van der Waals surface area contributed by atoms with E-state index in [2.05, 4.69) is 20.4 Å². The molecule has 0 aromatic carbocycles. The first-order valence-corrected chi connectivity index (χ1v) is 12.3. The highest BCUT2D eigenvalue weighted by molar-refractivity contribution is 6.30. The van der Waals surface area contributed by atoms with E-state index in [4.69, 9.17) is 11.6 Å². The summed E-state index contributed by atoms with van der Waals surface area (Å²) in [4.78, 5) is 48.1. The van der Waals surface area contributed by atoms with Crippen molar-refractivity contribution in [2.24, 2.45) is 0 Å². The number of halogens is 7. The predicted octanol–water partition coefficient (Wildman–Crippen LogP) is 2.88. The van der Waals surface area contributed by atoms with Crippen molar-refractivity contribution >= 4 is 29.1 Å². The number of nitrogens with zero attached hydrogens (tertiary/aromatic N) is 6. The lowest BCUT2D eigenvalue weighted by Gasteiger charge is -2.34. The van der Waals surface area contributed by atoms with Crippen LogP contribution in [-0.2, 0) is 18.9 Å². The fourth-order valence-electron chi connectivity index (χ4n) is 4.17. The highest BCUT2D eigenvalue weighted by Gasteiger charge is 2.37. The molecule has 1 fully saturated rings. The van der Waals surface area contributed by atoms with Crippen LogP contribution in [0.4, 0.5) is 38.0 Å². The van der Waals surface area contributed by atoms with Gasteiger partial charge in [-0.1, -0.05) is 11.6 Å². The van der Waals surface area contributed by atoms with Gasteiger partial charge in [0.15, 0.2) is 0 Å². The number of carbonyl (C=O) groups is 1. The number of pyridine rings is 1. The van der Waals surface area contributed by atoms with Gasteiger partial charge in [-0.05, 0) is 13.0 Å². The Morgan fingerprint density at radius 2 is 1.68 bits per heavy atom. The maximum atomic E-state index is 13.3. The number of rotatable bonds is 6. The number of aromatic nitrogens is 5. The molecule has 220 valence electrons. The van der Waals surface area contributed by atoms with Crippen LogP contribution >= 0.6 is 11.6 Å². The molecule has 0 spiro atoms. The summed E-state index contributed by atoms with van der Waals surface area (Å²) in [6.45, 7) is 2.00. The van der Waals surface area contributed by atoms with Crippen molar-refractivity contribution in [3.05, 3.63) is 73.3 Å². The zero-order chi connectivity index (χ0) is 30.1. The van der Waals surface area contributed by atoms with E-state index < -0.39 is 52.2 Å². The second kappa shape index (κ2) is 11.4. The van der Waals surface area contributed by atoms with Gasteiger partial charge < -0.3 is 19.7 Å². The summed E-state index contributed by atoms with van der Waals surface area (Å²) in [5.41, 5.74) is -5.14. The fourth-order valence-corrected chi connectivity index (χ4v) is 4.40. The van der Waals surface area contributed by atoms with Gasteiger partial charge in [0.05, 0.1) is 23.0 Å². The summed E-state index contributed by atoms with van der Waals surface area (Å²) in [5.74, 6) is -0.417. The van der Waals surface area contributed by atoms with Gasteiger partial charge in [-0.15, -0.1) is 0 Å². The Morgan fingerprint density at radius 3 is 2.27 bits per heavy atom. The molecule has 1 aliphatic rings. The van der Waals surface area contributed by atoms with Crippen molar-refractivity contribution in [3.63, 3.8) is 0 Å². The van der Waals surface area contributed by atoms with Crippen LogP contribution in [0.1, 0.15) is 28.4 Å². The van der Waals surface area contributed by atoms with Gasteiger partial charge in [-0.2, -0.15) is 31.4 Å². The number of nitrogens with one attached hydrogen (secondary N) is 2. The molecular formula is C23H21ClF6N8O3. The van der Waals surface area contributed by atoms with Gasteiger partial charge in [0, 0.05) is 57.4 Å². The predicted molar refractivity (Wildman–Crippen MR) is 134 cm³/mol. The molecule has 2 N–H and O–H groups in total. The van der Waals surface area contributed by atoms with Crippen LogP contribution in [0.3, 0.4) is 0 Å². The Morgan fingerprint density at radius 1 is 1.05 bits per heavy atom. The summed E-state index contributed by atoms with van der Waals surface area (Å²) in [7, 11) is 0. The molecule has 41 heavy (non-hydrogen) atoms. The third kappa shape index (κ3) is 6.78. The third-order valence-electron chi connectivity index (χ3n) is 6.12. The SMILES string of the molecule is C[C@@H](Cn1cc(C(=O)N2CCN(c3ncc(C(F)(F)F)cn3)CC2)cc(Cl)c1=O)Nc1cn[nH]c(=O)c1C(F)(F)F. The van der Waals surface area contributed by atoms with Crippen molar-refractivity contribution in [1.29, 1.82) is 0 Å². The molecule has 0 unspecified atom stereocenters. The number of H-pyrrole nitrogens is 1. The molecule has 3 aromatic rings. The van der Waals surface area contributed by atoms with Crippen LogP contribution in [0.25, 0.3) is 0 Å². The van der Waals surface area contributed by atoms with Gasteiger partial charge in [0.25, 0.3) is 17.0 Å². The normalized spacial score (nSPS) is 15.1. The number of carbonyl (C=O) groups excluding carboxylic acids is 1. The lowest BCUT2D eigenvalue weighted by atomic mass is 10.2. The number of alkyl halides is 6. The van der Waals surface area contributed by atoms with Crippen molar-refractivity contribution in [3.8, 4) is 0 Å². The summed E-state index contributed by atoms with van der Waals surface area (Å²) in [6, 6.07) is 0.334. The number of amides is 1. The topological polar surface area (TPSA) is 129 Å². The quantitative estimate of drug-likeness (QED) is 0.410.